The number of nitriles is 1. The van der Waals surface area contributed by atoms with Crippen LogP contribution in [0.15, 0.2) is 29.3 Å². The van der Waals surface area contributed by atoms with Crippen LogP contribution in [-0.2, 0) is 16.6 Å². The molecule has 2 aromatic rings. The molecular formula is C12H12ClN5O2S. The van der Waals surface area contributed by atoms with Gasteiger partial charge in [-0.05, 0) is 25.1 Å². The summed E-state index contributed by atoms with van der Waals surface area (Å²) in [7, 11) is -3.88. The fraction of sp³-hybridized carbons (Fsp3) is 0.167. The molecule has 3 N–H and O–H groups in total. The Bertz CT molecular complexity index is 823. The zero-order valence-electron chi connectivity index (χ0n) is 11.0. The third-order valence-corrected chi connectivity index (χ3v) is 4.44. The summed E-state index contributed by atoms with van der Waals surface area (Å²) in [5, 5.41) is 13.0. The van der Waals surface area contributed by atoms with Gasteiger partial charge in [0.1, 0.15) is 11.0 Å². The Morgan fingerprint density at radius 1 is 1.52 bits per heavy atom. The summed E-state index contributed by atoms with van der Waals surface area (Å²) in [4.78, 5) is -0.113. The van der Waals surface area contributed by atoms with Crippen LogP contribution in [-0.4, -0.2) is 18.2 Å². The molecule has 0 aliphatic rings. The van der Waals surface area contributed by atoms with Crippen LogP contribution in [0.5, 0.6) is 0 Å². The van der Waals surface area contributed by atoms with Gasteiger partial charge in [0.2, 0.25) is 0 Å². The lowest BCUT2D eigenvalue weighted by Crippen LogP contribution is -2.14. The molecule has 1 heterocycles. The van der Waals surface area contributed by atoms with Crippen LogP contribution in [0.3, 0.4) is 0 Å². The number of nitrogens with one attached hydrogen (secondary N) is 1. The van der Waals surface area contributed by atoms with E-state index in [1.54, 1.807) is 0 Å². The van der Waals surface area contributed by atoms with Gasteiger partial charge in [0, 0.05) is 12.7 Å². The van der Waals surface area contributed by atoms with Gasteiger partial charge < -0.3 is 5.73 Å². The molecule has 7 nitrogen and oxygen atoms in total. The summed E-state index contributed by atoms with van der Waals surface area (Å²) < 4.78 is 28.3. The van der Waals surface area contributed by atoms with Crippen molar-refractivity contribution in [3.63, 3.8) is 0 Å². The summed E-state index contributed by atoms with van der Waals surface area (Å²) >= 11 is 5.80. The molecule has 21 heavy (non-hydrogen) atoms. The minimum Gasteiger partial charge on any atom is -0.381 e. The first-order valence-corrected chi connectivity index (χ1v) is 7.79. The van der Waals surface area contributed by atoms with Gasteiger partial charge in [-0.3, -0.25) is 9.40 Å². The van der Waals surface area contributed by atoms with Crippen LogP contribution in [0.25, 0.3) is 0 Å². The molecule has 0 radical (unpaired) electrons. The monoisotopic (exact) mass is 325 g/mol. The quantitative estimate of drug-likeness (QED) is 0.889. The van der Waals surface area contributed by atoms with Crippen molar-refractivity contribution in [2.45, 2.75) is 18.4 Å². The van der Waals surface area contributed by atoms with E-state index in [0.717, 1.165) is 0 Å². The maximum Gasteiger partial charge on any atom is 0.267 e. The largest absolute Gasteiger partial charge is 0.381 e. The molecular weight excluding hydrogens is 314 g/mol. The second kappa shape index (κ2) is 5.63. The number of aromatic nitrogens is 2. The van der Waals surface area contributed by atoms with E-state index in [9.17, 15) is 8.42 Å². The average molecular weight is 326 g/mol. The number of rotatable bonds is 4. The minimum absolute atomic E-state index is 0.0844. The van der Waals surface area contributed by atoms with Crippen molar-refractivity contribution in [3.8, 4) is 6.07 Å². The number of nitrogen functional groups attached to an aromatic ring is 1. The number of nitrogens with zero attached hydrogens (tertiary/aromatic N) is 3. The van der Waals surface area contributed by atoms with Crippen LogP contribution < -0.4 is 10.5 Å². The molecule has 0 spiro atoms. The van der Waals surface area contributed by atoms with Crippen LogP contribution >= 0.6 is 11.6 Å². The van der Waals surface area contributed by atoms with Crippen LogP contribution in [0.2, 0.25) is 5.02 Å². The Hall–Kier alpha value is -2.24. The Morgan fingerprint density at radius 3 is 2.81 bits per heavy atom. The predicted octanol–water partition coefficient (Wildman–Crippen LogP) is 1.81. The molecule has 0 aliphatic carbocycles. The summed E-state index contributed by atoms with van der Waals surface area (Å²) in [6, 6.07) is 6.13. The molecule has 0 unspecified atom stereocenters. The topological polar surface area (TPSA) is 114 Å². The highest BCUT2D eigenvalue weighted by atomic mass is 35.5. The van der Waals surface area contributed by atoms with Gasteiger partial charge in [0.15, 0.2) is 5.82 Å². The SMILES string of the molecule is CCn1cc(S(=O)(=O)Nc2ccc(Cl)c(C#N)c2)c(N)n1. The van der Waals surface area contributed by atoms with E-state index in [4.69, 9.17) is 22.6 Å². The highest BCUT2D eigenvalue weighted by molar-refractivity contribution is 7.92. The molecule has 0 atom stereocenters. The molecule has 1 aromatic heterocycles. The van der Waals surface area contributed by atoms with Crippen molar-refractivity contribution >= 4 is 33.1 Å². The van der Waals surface area contributed by atoms with E-state index in [-0.39, 0.29) is 27.0 Å². The molecule has 0 bridgehead atoms. The van der Waals surface area contributed by atoms with E-state index in [1.165, 1.54) is 29.1 Å². The zero-order valence-corrected chi connectivity index (χ0v) is 12.6. The lowest BCUT2D eigenvalue weighted by atomic mass is 10.2. The number of anilines is 2. The summed E-state index contributed by atoms with van der Waals surface area (Å²) in [6.07, 6.45) is 1.35. The van der Waals surface area contributed by atoms with E-state index < -0.39 is 10.0 Å². The summed E-state index contributed by atoms with van der Waals surface area (Å²) in [5.74, 6) is -0.0844. The minimum atomic E-state index is -3.88. The van der Waals surface area contributed by atoms with E-state index in [2.05, 4.69) is 9.82 Å². The van der Waals surface area contributed by atoms with Crippen molar-refractivity contribution in [3.05, 3.63) is 35.0 Å². The molecule has 9 heteroatoms. The van der Waals surface area contributed by atoms with Gasteiger partial charge >= 0.3 is 0 Å². The third-order valence-electron chi connectivity index (χ3n) is 2.71. The van der Waals surface area contributed by atoms with Gasteiger partial charge in [0.05, 0.1) is 16.3 Å². The smallest absolute Gasteiger partial charge is 0.267 e. The number of aryl methyl sites for hydroxylation is 1. The number of nitrogens with two attached hydrogens (primary N) is 1. The highest BCUT2D eigenvalue weighted by Crippen LogP contribution is 2.24. The van der Waals surface area contributed by atoms with Gasteiger partial charge in [0.25, 0.3) is 10.0 Å². The van der Waals surface area contributed by atoms with Gasteiger partial charge in [-0.25, -0.2) is 8.42 Å². The number of halogens is 1. The molecule has 2 rings (SSSR count). The standard InChI is InChI=1S/C12H12ClN5O2S/c1-2-18-7-11(12(15)16-18)21(19,20)17-9-3-4-10(13)8(5-9)6-14/h3-5,7,17H,2H2,1H3,(H2,15,16). The maximum atomic E-state index is 12.3. The van der Waals surface area contributed by atoms with Crippen LogP contribution in [0.1, 0.15) is 12.5 Å². The van der Waals surface area contributed by atoms with Crippen molar-refractivity contribution in [1.29, 1.82) is 5.26 Å². The van der Waals surface area contributed by atoms with Crippen molar-refractivity contribution < 1.29 is 8.42 Å². The average Bonchev–Trinajstić information content (AvgIpc) is 2.83. The van der Waals surface area contributed by atoms with E-state index in [1.807, 2.05) is 13.0 Å². The number of hydrogen-bond donors (Lipinski definition) is 2. The lowest BCUT2D eigenvalue weighted by Gasteiger charge is -2.07. The van der Waals surface area contributed by atoms with Crippen molar-refractivity contribution in [1.82, 2.24) is 9.78 Å². The first-order valence-electron chi connectivity index (χ1n) is 5.92. The summed E-state index contributed by atoms with van der Waals surface area (Å²) in [6.45, 7) is 2.31. The fourth-order valence-corrected chi connectivity index (χ4v) is 2.96. The Balaban J connectivity index is 2.37. The number of benzene rings is 1. The molecule has 110 valence electrons. The normalized spacial score (nSPS) is 11.1. The van der Waals surface area contributed by atoms with E-state index >= 15 is 0 Å². The maximum absolute atomic E-state index is 12.3. The Labute approximate surface area is 127 Å². The first-order chi connectivity index (χ1) is 9.87. The molecule has 0 fully saturated rings. The summed E-state index contributed by atoms with van der Waals surface area (Å²) in [5.41, 5.74) is 6.01. The first kappa shape index (κ1) is 15.2. The van der Waals surface area contributed by atoms with Crippen molar-refractivity contribution in [2.75, 3.05) is 10.5 Å². The lowest BCUT2D eigenvalue weighted by molar-refractivity contribution is 0.600. The molecule has 0 saturated heterocycles. The highest BCUT2D eigenvalue weighted by Gasteiger charge is 2.21. The number of hydrogen-bond acceptors (Lipinski definition) is 5. The fourth-order valence-electron chi connectivity index (χ4n) is 1.67. The second-order valence-electron chi connectivity index (χ2n) is 4.15. The number of sulfonamides is 1. The molecule has 0 saturated carbocycles. The van der Waals surface area contributed by atoms with Gasteiger partial charge in [-0.1, -0.05) is 11.6 Å². The van der Waals surface area contributed by atoms with Crippen LogP contribution in [0, 0.1) is 11.3 Å². The Kier molecular flexibility index (Phi) is 4.06. The second-order valence-corrected chi connectivity index (χ2v) is 6.20. The molecule has 0 amide bonds. The zero-order chi connectivity index (χ0) is 15.6. The Morgan fingerprint density at radius 2 is 2.24 bits per heavy atom. The molecule has 0 aliphatic heterocycles. The van der Waals surface area contributed by atoms with Crippen molar-refractivity contribution in [2.24, 2.45) is 0 Å². The molecule has 1 aromatic carbocycles. The van der Waals surface area contributed by atoms with Gasteiger partial charge in [-0.2, -0.15) is 10.4 Å². The van der Waals surface area contributed by atoms with Gasteiger partial charge in [-0.15, -0.1) is 0 Å². The predicted molar refractivity (Wildman–Crippen MR) is 79.3 cm³/mol. The van der Waals surface area contributed by atoms with E-state index in [0.29, 0.717) is 6.54 Å². The third kappa shape index (κ3) is 3.09. The van der Waals surface area contributed by atoms with Crippen LogP contribution in [0.4, 0.5) is 11.5 Å².